The number of aromatic nitrogens is 1. The Morgan fingerprint density at radius 2 is 1.86 bits per heavy atom. The quantitative estimate of drug-likeness (QED) is 0.616. The second kappa shape index (κ2) is 6.33. The first-order chi connectivity index (χ1) is 10.3. The van der Waals surface area contributed by atoms with Crippen LogP contribution in [0, 0.1) is 0 Å². The highest BCUT2D eigenvalue weighted by atomic mass is 35.5. The summed E-state index contributed by atoms with van der Waals surface area (Å²) in [5.41, 5.74) is 2.86. The first-order valence-electron chi connectivity index (χ1n) is 6.58. The van der Waals surface area contributed by atoms with Gasteiger partial charge in [-0.3, -0.25) is 4.98 Å². The van der Waals surface area contributed by atoms with Crippen molar-refractivity contribution >= 4 is 34.1 Å². The molecule has 106 valence electrons. The van der Waals surface area contributed by atoms with Crippen molar-refractivity contribution in [3.8, 4) is 5.75 Å². The first kappa shape index (κ1) is 14.2. The lowest BCUT2D eigenvalue weighted by Gasteiger charge is -2.12. The molecule has 0 aliphatic heterocycles. The molecule has 0 bridgehead atoms. The Hall–Kier alpha value is -1.77. The van der Waals surface area contributed by atoms with E-state index in [9.17, 15) is 0 Å². The molecular formula is C17H13Cl2NO. The van der Waals surface area contributed by atoms with Crippen LogP contribution < -0.4 is 4.74 Å². The Bertz CT molecular complexity index is 768. The number of hydrogen-bond acceptors (Lipinski definition) is 2. The van der Waals surface area contributed by atoms with E-state index in [2.05, 4.69) is 4.98 Å². The number of pyridine rings is 1. The van der Waals surface area contributed by atoms with Crippen LogP contribution in [0.5, 0.6) is 5.75 Å². The third kappa shape index (κ3) is 2.97. The van der Waals surface area contributed by atoms with Gasteiger partial charge in [-0.05, 0) is 24.3 Å². The zero-order chi connectivity index (χ0) is 14.7. The molecule has 0 atom stereocenters. The summed E-state index contributed by atoms with van der Waals surface area (Å²) in [5, 5.41) is 1.72. The van der Waals surface area contributed by atoms with Gasteiger partial charge >= 0.3 is 0 Å². The van der Waals surface area contributed by atoms with E-state index in [4.69, 9.17) is 27.9 Å². The number of halogens is 2. The molecule has 3 rings (SSSR count). The lowest BCUT2D eigenvalue weighted by atomic mass is 10.1. The number of alkyl halides is 1. The van der Waals surface area contributed by atoms with Gasteiger partial charge in [-0.2, -0.15) is 0 Å². The van der Waals surface area contributed by atoms with Crippen molar-refractivity contribution in [3.05, 3.63) is 70.9 Å². The van der Waals surface area contributed by atoms with Crippen LogP contribution in [0.3, 0.4) is 0 Å². The molecule has 21 heavy (non-hydrogen) atoms. The summed E-state index contributed by atoms with van der Waals surface area (Å²) in [7, 11) is 0. The molecule has 4 heteroatoms. The van der Waals surface area contributed by atoms with Gasteiger partial charge in [-0.25, -0.2) is 0 Å². The molecule has 0 fully saturated rings. The monoisotopic (exact) mass is 317 g/mol. The normalized spacial score (nSPS) is 10.8. The first-order valence-corrected chi connectivity index (χ1v) is 7.49. The average molecular weight is 318 g/mol. The molecule has 0 radical (unpaired) electrons. The van der Waals surface area contributed by atoms with Crippen molar-refractivity contribution in [1.82, 2.24) is 4.98 Å². The third-order valence-corrected chi connectivity index (χ3v) is 3.95. The fourth-order valence-corrected chi connectivity index (χ4v) is 2.82. The molecular weight excluding hydrogens is 305 g/mol. The van der Waals surface area contributed by atoms with Gasteiger partial charge in [0.1, 0.15) is 12.4 Å². The van der Waals surface area contributed by atoms with Gasteiger partial charge in [0.05, 0.1) is 11.4 Å². The molecule has 2 nitrogen and oxygen atoms in total. The summed E-state index contributed by atoms with van der Waals surface area (Å²) in [5.74, 6) is 1.05. The molecule has 0 unspecified atom stereocenters. The van der Waals surface area contributed by atoms with Crippen LogP contribution in [0.15, 0.2) is 54.7 Å². The lowest BCUT2D eigenvalue weighted by Crippen LogP contribution is -1.99. The number of nitrogens with zero attached hydrogens (tertiary/aromatic N) is 1. The van der Waals surface area contributed by atoms with Gasteiger partial charge in [0.15, 0.2) is 0 Å². The third-order valence-electron chi connectivity index (χ3n) is 3.33. The SMILES string of the molecule is ClCc1c(Cl)cccc1OCc1ccnc2ccccc12. The van der Waals surface area contributed by atoms with E-state index in [0.29, 0.717) is 17.5 Å². The van der Waals surface area contributed by atoms with Crippen LogP contribution in [0.2, 0.25) is 5.02 Å². The lowest BCUT2D eigenvalue weighted by molar-refractivity contribution is 0.305. The predicted molar refractivity (Wildman–Crippen MR) is 87.1 cm³/mol. The highest BCUT2D eigenvalue weighted by molar-refractivity contribution is 6.32. The van der Waals surface area contributed by atoms with Crippen LogP contribution in [0.4, 0.5) is 0 Å². The molecule has 0 saturated carbocycles. The van der Waals surface area contributed by atoms with E-state index in [1.165, 1.54) is 0 Å². The number of para-hydroxylation sites is 1. The summed E-state index contributed by atoms with van der Waals surface area (Å²) in [6.07, 6.45) is 1.79. The van der Waals surface area contributed by atoms with E-state index in [0.717, 1.165) is 27.8 Å². The Morgan fingerprint density at radius 1 is 1.00 bits per heavy atom. The fourth-order valence-electron chi connectivity index (χ4n) is 2.24. The summed E-state index contributed by atoms with van der Waals surface area (Å²) < 4.78 is 5.91. The maximum atomic E-state index is 6.13. The molecule has 0 amide bonds. The topological polar surface area (TPSA) is 22.1 Å². The van der Waals surface area contributed by atoms with E-state index in [1.807, 2.05) is 48.5 Å². The van der Waals surface area contributed by atoms with Gasteiger partial charge < -0.3 is 4.74 Å². The standard InChI is InChI=1S/C17H13Cl2NO/c18-10-14-15(19)5-3-7-17(14)21-11-12-8-9-20-16-6-2-1-4-13(12)16/h1-9H,10-11H2. The van der Waals surface area contributed by atoms with Crippen LogP contribution >= 0.6 is 23.2 Å². The number of benzene rings is 2. The van der Waals surface area contributed by atoms with Crippen molar-refractivity contribution in [1.29, 1.82) is 0 Å². The van der Waals surface area contributed by atoms with Gasteiger partial charge in [0.25, 0.3) is 0 Å². The number of ether oxygens (including phenoxy) is 1. The van der Waals surface area contributed by atoms with Crippen molar-refractivity contribution in [2.75, 3.05) is 0 Å². The van der Waals surface area contributed by atoms with Crippen molar-refractivity contribution in [2.45, 2.75) is 12.5 Å². The molecule has 1 heterocycles. The van der Waals surface area contributed by atoms with Gasteiger partial charge in [-0.1, -0.05) is 35.9 Å². The molecule has 1 aromatic heterocycles. The summed E-state index contributed by atoms with van der Waals surface area (Å²) in [6, 6.07) is 15.5. The van der Waals surface area contributed by atoms with E-state index < -0.39 is 0 Å². The largest absolute Gasteiger partial charge is 0.488 e. The molecule has 0 aliphatic carbocycles. The number of hydrogen-bond donors (Lipinski definition) is 0. The Morgan fingerprint density at radius 3 is 2.71 bits per heavy atom. The number of rotatable bonds is 4. The minimum atomic E-state index is 0.325. The Labute approximate surface area is 133 Å². The highest BCUT2D eigenvalue weighted by Crippen LogP contribution is 2.29. The van der Waals surface area contributed by atoms with Crippen LogP contribution in [0.1, 0.15) is 11.1 Å². The Balaban J connectivity index is 1.89. The molecule has 2 aromatic carbocycles. The second-order valence-corrected chi connectivity index (χ2v) is 5.30. The maximum Gasteiger partial charge on any atom is 0.125 e. The van der Waals surface area contributed by atoms with E-state index >= 15 is 0 Å². The minimum absolute atomic E-state index is 0.325. The van der Waals surface area contributed by atoms with Crippen molar-refractivity contribution in [3.63, 3.8) is 0 Å². The second-order valence-electron chi connectivity index (χ2n) is 4.63. The summed E-state index contributed by atoms with van der Waals surface area (Å²) >= 11 is 12.1. The molecule has 0 aliphatic rings. The zero-order valence-corrected chi connectivity index (χ0v) is 12.7. The smallest absolute Gasteiger partial charge is 0.125 e. The minimum Gasteiger partial charge on any atom is -0.488 e. The van der Waals surface area contributed by atoms with Crippen LogP contribution in [-0.2, 0) is 12.5 Å². The van der Waals surface area contributed by atoms with E-state index in [-0.39, 0.29) is 0 Å². The Kier molecular flexibility index (Phi) is 4.28. The van der Waals surface area contributed by atoms with Gasteiger partial charge in [-0.15, -0.1) is 11.6 Å². The van der Waals surface area contributed by atoms with Gasteiger partial charge in [0.2, 0.25) is 0 Å². The molecule has 0 N–H and O–H groups in total. The summed E-state index contributed by atoms with van der Waals surface area (Å²) in [6.45, 7) is 0.452. The van der Waals surface area contributed by atoms with Crippen molar-refractivity contribution < 1.29 is 4.74 Å². The molecule has 3 aromatic rings. The average Bonchev–Trinajstić information content (AvgIpc) is 2.53. The number of fused-ring (bicyclic) bond motifs is 1. The predicted octanol–water partition coefficient (Wildman–Crippen LogP) is 5.21. The fraction of sp³-hybridized carbons (Fsp3) is 0.118. The van der Waals surface area contributed by atoms with Crippen LogP contribution in [-0.4, -0.2) is 4.98 Å². The summed E-state index contributed by atoms with van der Waals surface area (Å²) in [4.78, 5) is 4.35. The van der Waals surface area contributed by atoms with Crippen molar-refractivity contribution in [2.24, 2.45) is 0 Å². The molecule has 0 spiro atoms. The zero-order valence-electron chi connectivity index (χ0n) is 11.2. The maximum absolute atomic E-state index is 6.13. The van der Waals surface area contributed by atoms with E-state index in [1.54, 1.807) is 6.20 Å². The molecule has 0 saturated heterocycles. The highest BCUT2D eigenvalue weighted by Gasteiger charge is 2.08. The van der Waals surface area contributed by atoms with Gasteiger partial charge in [0, 0.05) is 27.7 Å². The van der Waals surface area contributed by atoms with Crippen LogP contribution in [0.25, 0.3) is 10.9 Å².